The van der Waals surface area contributed by atoms with Gasteiger partial charge in [-0.2, -0.15) is 0 Å². The van der Waals surface area contributed by atoms with Gasteiger partial charge in [-0.25, -0.2) is 0 Å². The molecule has 1 amide bonds. The third-order valence-corrected chi connectivity index (χ3v) is 6.90. The number of benzene rings is 3. The van der Waals surface area contributed by atoms with Crippen molar-refractivity contribution in [2.24, 2.45) is 0 Å². The van der Waals surface area contributed by atoms with Crippen molar-refractivity contribution in [1.82, 2.24) is 0 Å². The maximum Gasteiger partial charge on any atom is 0.300 e. The molecule has 4 rings (SSSR count). The van der Waals surface area contributed by atoms with Crippen molar-refractivity contribution in [3.8, 4) is 11.5 Å². The third-order valence-electron chi connectivity index (χ3n) is 6.90. The summed E-state index contributed by atoms with van der Waals surface area (Å²) in [6, 6.07) is 17.8. The Balaban J connectivity index is 1.94. The largest absolute Gasteiger partial charge is 0.507 e. The molecule has 1 atom stereocenters. The Kier molecular flexibility index (Phi) is 7.60. The molecule has 1 N–H and O–H groups in total. The summed E-state index contributed by atoms with van der Waals surface area (Å²) in [5.41, 5.74) is 4.42. The molecule has 0 radical (unpaired) electrons. The van der Waals surface area contributed by atoms with Crippen LogP contribution in [0.25, 0.3) is 5.76 Å². The number of Topliss-reactive ketones (excluding diaryl/α,β-unsaturated/α-hetero) is 1. The monoisotopic (exact) mass is 527 g/mol. The summed E-state index contributed by atoms with van der Waals surface area (Å²) in [4.78, 5) is 28.7. The van der Waals surface area contributed by atoms with Gasteiger partial charge in [-0.15, -0.1) is 0 Å². The fourth-order valence-corrected chi connectivity index (χ4v) is 5.08. The van der Waals surface area contributed by atoms with Crippen LogP contribution in [0.4, 0.5) is 5.69 Å². The number of ketones is 1. The first-order valence-corrected chi connectivity index (χ1v) is 13.2. The zero-order chi connectivity index (χ0) is 28.6. The molecule has 204 valence electrons. The zero-order valence-corrected chi connectivity index (χ0v) is 24.0. The molecule has 6 nitrogen and oxygen atoms in total. The van der Waals surface area contributed by atoms with Crippen molar-refractivity contribution in [1.29, 1.82) is 0 Å². The first kappa shape index (κ1) is 28.0. The summed E-state index contributed by atoms with van der Waals surface area (Å²) < 4.78 is 11.4. The van der Waals surface area contributed by atoms with Crippen molar-refractivity contribution >= 4 is 23.1 Å². The third kappa shape index (κ3) is 5.42. The fourth-order valence-electron chi connectivity index (χ4n) is 5.08. The van der Waals surface area contributed by atoms with Gasteiger partial charge in [0.15, 0.2) is 0 Å². The minimum Gasteiger partial charge on any atom is -0.507 e. The summed E-state index contributed by atoms with van der Waals surface area (Å²) in [5, 5.41) is 11.7. The number of aliphatic hydroxyl groups is 1. The number of carbonyl (C=O) groups is 2. The van der Waals surface area contributed by atoms with E-state index in [4.69, 9.17) is 9.47 Å². The van der Waals surface area contributed by atoms with Gasteiger partial charge in [-0.1, -0.05) is 51.1 Å². The Morgan fingerprint density at radius 3 is 2.10 bits per heavy atom. The van der Waals surface area contributed by atoms with Crippen LogP contribution in [0.1, 0.15) is 68.5 Å². The normalized spacial score (nSPS) is 17.2. The molecule has 1 saturated heterocycles. The average Bonchev–Trinajstić information content (AvgIpc) is 3.13. The lowest BCUT2D eigenvalue weighted by Crippen LogP contribution is -2.29. The van der Waals surface area contributed by atoms with E-state index in [0.29, 0.717) is 22.7 Å². The van der Waals surface area contributed by atoms with E-state index in [-0.39, 0.29) is 22.9 Å². The van der Waals surface area contributed by atoms with Crippen LogP contribution < -0.4 is 14.4 Å². The number of hydrogen-bond acceptors (Lipinski definition) is 5. The van der Waals surface area contributed by atoms with Crippen LogP contribution in [-0.4, -0.2) is 30.0 Å². The highest BCUT2D eigenvalue weighted by Crippen LogP contribution is 2.44. The number of methoxy groups -OCH3 is 1. The van der Waals surface area contributed by atoms with Crippen molar-refractivity contribution in [3.63, 3.8) is 0 Å². The van der Waals surface area contributed by atoms with E-state index < -0.39 is 17.7 Å². The quantitative estimate of drug-likeness (QED) is 0.212. The van der Waals surface area contributed by atoms with E-state index in [9.17, 15) is 14.7 Å². The lowest BCUT2D eigenvalue weighted by molar-refractivity contribution is -0.132. The molecule has 6 heteroatoms. The van der Waals surface area contributed by atoms with Gasteiger partial charge in [0.2, 0.25) is 0 Å². The number of ether oxygens (including phenoxy) is 2. The van der Waals surface area contributed by atoms with E-state index >= 15 is 0 Å². The highest BCUT2D eigenvalue weighted by molar-refractivity contribution is 6.51. The Labute approximate surface area is 230 Å². The topological polar surface area (TPSA) is 76.1 Å². The van der Waals surface area contributed by atoms with E-state index in [1.165, 1.54) is 12.0 Å². The lowest BCUT2D eigenvalue weighted by Gasteiger charge is -2.27. The van der Waals surface area contributed by atoms with Gasteiger partial charge >= 0.3 is 0 Å². The fraction of sp³-hybridized carbons (Fsp3) is 0.333. The molecular weight excluding hydrogens is 490 g/mol. The SMILES string of the molecule is COc1c(C)cc(C)cc1/C(O)=C1\C(=O)C(=O)N(c2ccc(OC(C)C)cc2)C1c1ccc(C(C)(C)C)cc1. The van der Waals surface area contributed by atoms with Crippen LogP contribution in [0, 0.1) is 13.8 Å². The Bertz CT molecular complexity index is 1430. The zero-order valence-electron chi connectivity index (χ0n) is 24.0. The lowest BCUT2D eigenvalue weighted by atomic mass is 9.85. The summed E-state index contributed by atoms with van der Waals surface area (Å²) >= 11 is 0. The standard InChI is InChI=1S/C33H37NO5/c1-19(2)39-25-15-13-24(14-16-25)34-28(22-9-11-23(12-10-22)33(5,6)7)27(30(36)32(34)37)29(35)26-18-20(3)17-21(4)31(26)38-8/h9-19,28,35H,1-8H3/b29-27+. The first-order chi connectivity index (χ1) is 18.3. The Hall–Kier alpha value is -4.06. The van der Waals surface area contributed by atoms with Crippen molar-refractivity contribution in [2.45, 2.75) is 66.0 Å². The van der Waals surface area contributed by atoms with Crippen LogP contribution >= 0.6 is 0 Å². The second-order valence-electron chi connectivity index (χ2n) is 11.4. The van der Waals surface area contributed by atoms with Crippen LogP contribution in [0.2, 0.25) is 0 Å². The number of nitrogens with zero attached hydrogens (tertiary/aromatic N) is 1. The molecule has 0 aromatic heterocycles. The highest BCUT2D eigenvalue weighted by atomic mass is 16.5. The van der Waals surface area contributed by atoms with Gasteiger partial charge < -0.3 is 14.6 Å². The predicted molar refractivity (Wildman–Crippen MR) is 155 cm³/mol. The second kappa shape index (κ2) is 10.6. The number of rotatable bonds is 6. The molecule has 39 heavy (non-hydrogen) atoms. The minimum atomic E-state index is -0.832. The number of carbonyl (C=O) groups excluding carboxylic acids is 2. The molecule has 3 aromatic rings. The van der Waals surface area contributed by atoms with Gasteiger partial charge in [0.25, 0.3) is 11.7 Å². The molecule has 3 aromatic carbocycles. The molecule has 1 fully saturated rings. The van der Waals surface area contributed by atoms with E-state index in [2.05, 4.69) is 20.8 Å². The van der Waals surface area contributed by atoms with Gasteiger partial charge in [-0.3, -0.25) is 14.5 Å². The molecule has 1 aliphatic heterocycles. The summed E-state index contributed by atoms with van der Waals surface area (Å²) in [6.07, 6.45) is -0.000764. The number of aliphatic hydroxyl groups excluding tert-OH is 1. The van der Waals surface area contributed by atoms with Crippen LogP contribution in [0.15, 0.2) is 66.2 Å². The van der Waals surface area contributed by atoms with Crippen LogP contribution in [0.3, 0.4) is 0 Å². The number of aryl methyl sites for hydroxylation is 2. The Morgan fingerprint density at radius 2 is 1.56 bits per heavy atom. The van der Waals surface area contributed by atoms with E-state index in [0.717, 1.165) is 22.3 Å². The molecule has 0 saturated carbocycles. The number of hydrogen-bond donors (Lipinski definition) is 1. The first-order valence-electron chi connectivity index (χ1n) is 13.2. The van der Waals surface area contributed by atoms with Crippen molar-refractivity contribution < 1.29 is 24.2 Å². The molecule has 1 heterocycles. The molecule has 1 unspecified atom stereocenters. The minimum absolute atomic E-state index is 0.000764. The van der Waals surface area contributed by atoms with Gasteiger partial charge in [0.05, 0.1) is 30.4 Å². The summed E-state index contributed by atoms with van der Waals surface area (Å²) in [6.45, 7) is 14.0. The Morgan fingerprint density at radius 1 is 0.949 bits per heavy atom. The second-order valence-corrected chi connectivity index (χ2v) is 11.4. The summed E-state index contributed by atoms with van der Waals surface area (Å²) in [5.74, 6) is -0.592. The number of anilines is 1. The van der Waals surface area contributed by atoms with Crippen LogP contribution in [0.5, 0.6) is 11.5 Å². The maximum absolute atomic E-state index is 13.6. The van der Waals surface area contributed by atoms with E-state index in [1.807, 2.05) is 58.0 Å². The number of amides is 1. The van der Waals surface area contributed by atoms with Crippen molar-refractivity contribution in [2.75, 3.05) is 12.0 Å². The van der Waals surface area contributed by atoms with Gasteiger partial charge in [-0.05, 0) is 85.7 Å². The smallest absolute Gasteiger partial charge is 0.300 e. The molecule has 0 spiro atoms. The predicted octanol–water partition coefficient (Wildman–Crippen LogP) is 7.02. The highest BCUT2D eigenvalue weighted by Gasteiger charge is 2.47. The average molecular weight is 528 g/mol. The molecule has 1 aliphatic rings. The van der Waals surface area contributed by atoms with Crippen LogP contribution in [-0.2, 0) is 15.0 Å². The molecule has 0 aliphatic carbocycles. The molecule has 0 bridgehead atoms. The van der Waals surface area contributed by atoms with E-state index in [1.54, 1.807) is 30.3 Å². The summed E-state index contributed by atoms with van der Waals surface area (Å²) in [7, 11) is 1.52. The maximum atomic E-state index is 13.6. The molecular formula is C33H37NO5. The van der Waals surface area contributed by atoms with Gasteiger partial charge in [0, 0.05) is 5.69 Å². The van der Waals surface area contributed by atoms with Gasteiger partial charge in [0.1, 0.15) is 17.3 Å². The van der Waals surface area contributed by atoms with Crippen molar-refractivity contribution in [3.05, 3.63) is 94.1 Å².